The minimum absolute atomic E-state index is 0.0255. The molecule has 118 valence electrons. The summed E-state index contributed by atoms with van der Waals surface area (Å²) in [6.07, 6.45) is -4.58. The normalized spacial score (nSPS) is 12.2. The highest BCUT2D eigenvalue weighted by molar-refractivity contribution is 9.10. The van der Waals surface area contributed by atoms with E-state index in [1.54, 1.807) is 19.1 Å². The summed E-state index contributed by atoms with van der Waals surface area (Å²) in [6.45, 7) is 1.80. The number of hydrogen-bond acceptors (Lipinski definition) is 2. The Balaban J connectivity index is 2.40. The zero-order valence-corrected chi connectivity index (χ0v) is 13.7. The highest BCUT2D eigenvalue weighted by atomic mass is 79.9. The summed E-state index contributed by atoms with van der Waals surface area (Å²) in [7, 11) is -3.96. The maximum atomic E-state index is 12.8. The Kier molecular flexibility index (Phi) is 4.53. The molecular weight excluding hydrogens is 383 g/mol. The maximum absolute atomic E-state index is 12.8. The van der Waals surface area contributed by atoms with Gasteiger partial charge >= 0.3 is 6.18 Å². The molecule has 0 saturated heterocycles. The molecule has 22 heavy (non-hydrogen) atoms. The Labute approximate surface area is 134 Å². The van der Waals surface area contributed by atoms with Crippen molar-refractivity contribution < 1.29 is 21.6 Å². The summed E-state index contributed by atoms with van der Waals surface area (Å²) >= 11 is 2.81. The Morgan fingerprint density at radius 2 is 1.64 bits per heavy atom. The van der Waals surface area contributed by atoms with Crippen LogP contribution >= 0.6 is 15.9 Å². The molecule has 0 amide bonds. The van der Waals surface area contributed by atoms with E-state index >= 15 is 0 Å². The molecule has 0 saturated carbocycles. The third-order valence-electron chi connectivity index (χ3n) is 2.88. The molecular formula is C14H11BrF3NO2S. The van der Waals surface area contributed by atoms with E-state index in [0.717, 1.165) is 17.7 Å². The summed E-state index contributed by atoms with van der Waals surface area (Å²) < 4.78 is 64.7. The Bertz CT molecular complexity index is 787. The van der Waals surface area contributed by atoms with Crippen LogP contribution in [-0.2, 0) is 16.2 Å². The first-order valence-electron chi connectivity index (χ1n) is 6.06. The molecule has 0 aliphatic heterocycles. The van der Waals surface area contributed by atoms with Gasteiger partial charge in [-0.1, -0.05) is 23.8 Å². The number of benzene rings is 2. The van der Waals surface area contributed by atoms with Crippen molar-refractivity contribution in [2.45, 2.75) is 18.0 Å². The fourth-order valence-electron chi connectivity index (χ4n) is 1.75. The van der Waals surface area contributed by atoms with Gasteiger partial charge in [0.1, 0.15) is 0 Å². The van der Waals surface area contributed by atoms with Crippen LogP contribution < -0.4 is 4.72 Å². The lowest BCUT2D eigenvalue weighted by Crippen LogP contribution is -2.15. The first-order chi connectivity index (χ1) is 10.1. The Morgan fingerprint density at radius 3 is 2.18 bits per heavy atom. The number of hydrogen-bond donors (Lipinski definition) is 1. The zero-order valence-electron chi connectivity index (χ0n) is 11.3. The van der Waals surface area contributed by atoms with Gasteiger partial charge in [-0.2, -0.15) is 13.2 Å². The lowest BCUT2D eigenvalue weighted by Gasteiger charge is -2.14. The van der Waals surface area contributed by atoms with Gasteiger partial charge in [0.25, 0.3) is 10.0 Å². The van der Waals surface area contributed by atoms with Crippen molar-refractivity contribution in [2.24, 2.45) is 0 Å². The van der Waals surface area contributed by atoms with Gasteiger partial charge in [0.2, 0.25) is 0 Å². The summed E-state index contributed by atoms with van der Waals surface area (Å²) in [6, 6.07) is 9.25. The number of anilines is 1. The number of halogens is 4. The second kappa shape index (κ2) is 5.92. The average Bonchev–Trinajstić information content (AvgIpc) is 2.40. The van der Waals surface area contributed by atoms with E-state index in [1.807, 2.05) is 0 Å². The average molecular weight is 394 g/mol. The number of aryl methyl sites for hydroxylation is 1. The quantitative estimate of drug-likeness (QED) is 0.829. The fourth-order valence-corrected chi connectivity index (χ4v) is 3.54. The van der Waals surface area contributed by atoms with E-state index in [9.17, 15) is 21.6 Å². The molecule has 0 radical (unpaired) electrons. The van der Waals surface area contributed by atoms with Crippen molar-refractivity contribution in [3.63, 3.8) is 0 Å². The molecule has 0 spiro atoms. The monoisotopic (exact) mass is 393 g/mol. The van der Waals surface area contributed by atoms with Crippen LogP contribution in [-0.4, -0.2) is 8.42 Å². The van der Waals surface area contributed by atoms with Crippen LogP contribution in [0.4, 0.5) is 18.9 Å². The van der Waals surface area contributed by atoms with Crippen molar-refractivity contribution in [1.82, 2.24) is 0 Å². The van der Waals surface area contributed by atoms with Gasteiger partial charge in [0.15, 0.2) is 0 Å². The lowest BCUT2D eigenvalue weighted by atomic mass is 10.2. The second-order valence-electron chi connectivity index (χ2n) is 4.58. The number of rotatable bonds is 3. The molecule has 8 heteroatoms. The molecule has 0 heterocycles. The van der Waals surface area contributed by atoms with E-state index in [2.05, 4.69) is 20.7 Å². The van der Waals surface area contributed by atoms with Crippen LogP contribution in [0.2, 0.25) is 0 Å². The van der Waals surface area contributed by atoms with Gasteiger partial charge in [-0.15, -0.1) is 0 Å². The van der Waals surface area contributed by atoms with Gasteiger partial charge in [-0.25, -0.2) is 8.42 Å². The first kappa shape index (κ1) is 16.8. The Hall–Kier alpha value is -1.54. The van der Waals surface area contributed by atoms with Crippen molar-refractivity contribution >= 4 is 31.6 Å². The van der Waals surface area contributed by atoms with E-state index in [-0.39, 0.29) is 15.1 Å². The zero-order chi connectivity index (χ0) is 16.5. The molecule has 2 aromatic rings. The van der Waals surface area contributed by atoms with E-state index in [0.29, 0.717) is 0 Å². The topological polar surface area (TPSA) is 46.2 Å². The number of nitrogens with one attached hydrogen (secondary N) is 1. The van der Waals surface area contributed by atoms with Crippen molar-refractivity contribution in [2.75, 3.05) is 4.72 Å². The fraction of sp³-hybridized carbons (Fsp3) is 0.143. The summed E-state index contributed by atoms with van der Waals surface area (Å²) in [5, 5.41) is 0. The van der Waals surface area contributed by atoms with Crippen LogP contribution in [0.15, 0.2) is 51.8 Å². The van der Waals surface area contributed by atoms with Gasteiger partial charge in [0.05, 0.1) is 20.6 Å². The molecule has 0 atom stereocenters. The summed E-state index contributed by atoms with van der Waals surface area (Å²) in [5.74, 6) is 0. The predicted octanol–water partition coefficient (Wildman–Crippen LogP) is 4.58. The maximum Gasteiger partial charge on any atom is 0.417 e. The largest absolute Gasteiger partial charge is 0.417 e. The molecule has 0 fully saturated rings. The molecule has 2 aromatic carbocycles. The van der Waals surface area contributed by atoms with Gasteiger partial charge < -0.3 is 0 Å². The van der Waals surface area contributed by atoms with Crippen LogP contribution in [0.3, 0.4) is 0 Å². The smallest absolute Gasteiger partial charge is 0.278 e. The predicted molar refractivity (Wildman–Crippen MR) is 81.1 cm³/mol. The van der Waals surface area contributed by atoms with Crippen molar-refractivity contribution in [3.8, 4) is 0 Å². The Morgan fingerprint density at radius 1 is 1.05 bits per heavy atom. The molecule has 0 bridgehead atoms. The van der Waals surface area contributed by atoms with E-state index in [1.165, 1.54) is 18.2 Å². The van der Waals surface area contributed by atoms with E-state index < -0.39 is 21.8 Å². The van der Waals surface area contributed by atoms with Crippen molar-refractivity contribution in [3.05, 3.63) is 58.1 Å². The van der Waals surface area contributed by atoms with Crippen LogP contribution in [0.25, 0.3) is 0 Å². The molecule has 0 aliphatic carbocycles. The lowest BCUT2D eigenvalue weighted by molar-refractivity contribution is -0.138. The molecule has 0 aliphatic rings. The second-order valence-corrected chi connectivity index (χ2v) is 7.06. The molecule has 3 nitrogen and oxygen atoms in total. The molecule has 2 rings (SSSR count). The minimum Gasteiger partial charge on any atom is -0.278 e. The van der Waals surface area contributed by atoms with Gasteiger partial charge in [-0.3, -0.25) is 4.72 Å². The first-order valence-corrected chi connectivity index (χ1v) is 8.34. The van der Waals surface area contributed by atoms with Gasteiger partial charge in [-0.05, 0) is 47.1 Å². The van der Waals surface area contributed by atoms with Gasteiger partial charge in [0, 0.05) is 0 Å². The molecule has 0 aromatic heterocycles. The third-order valence-corrected chi connectivity index (χ3v) is 5.12. The third kappa shape index (κ3) is 3.61. The van der Waals surface area contributed by atoms with Crippen LogP contribution in [0.1, 0.15) is 11.1 Å². The molecule has 1 N–H and O–H groups in total. The van der Waals surface area contributed by atoms with Crippen LogP contribution in [0, 0.1) is 6.92 Å². The SMILES string of the molecule is Cc1ccc(S(=O)(=O)Nc2cccc(C(F)(F)F)c2Br)cc1. The highest BCUT2D eigenvalue weighted by Gasteiger charge is 2.34. The summed E-state index contributed by atoms with van der Waals surface area (Å²) in [5.41, 5.74) is -0.244. The standard InChI is InChI=1S/C14H11BrF3NO2S/c1-9-5-7-10(8-6-9)22(20,21)19-12-4-2-3-11(13(12)15)14(16,17)18/h2-8,19H,1H3. The highest BCUT2D eigenvalue weighted by Crippen LogP contribution is 2.38. The van der Waals surface area contributed by atoms with E-state index in [4.69, 9.17) is 0 Å². The minimum atomic E-state index is -4.58. The van der Waals surface area contributed by atoms with Crippen LogP contribution in [0.5, 0.6) is 0 Å². The number of alkyl halides is 3. The number of sulfonamides is 1. The summed E-state index contributed by atoms with van der Waals surface area (Å²) in [4.78, 5) is -0.0255. The van der Waals surface area contributed by atoms with Crippen molar-refractivity contribution in [1.29, 1.82) is 0 Å². The molecule has 0 unspecified atom stereocenters.